The number of anilines is 1. The van der Waals surface area contributed by atoms with Gasteiger partial charge in [0.15, 0.2) is 0 Å². The first kappa shape index (κ1) is 16.6. The van der Waals surface area contributed by atoms with E-state index in [9.17, 15) is 9.59 Å². The van der Waals surface area contributed by atoms with Crippen LogP contribution >= 0.6 is 0 Å². The van der Waals surface area contributed by atoms with Crippen LogP contribution in [0.3, 0.4) is 0 Å². The molecule has 0 spiro atoms. The molecule has 2 saturated heterocycles. The summed E-state index contributed by atoms with van der Waals surface area (Å²) in [6.07, 6.45) is 5.46. The second kappa shape index (κ2) is 7.57. The van der Waals surface area contributed by atoms with Crippen LogP contribution in [0.15, 0.2) is 18.5 Å². The lowest BCUT2D eigenvalue weighted by molar-refractivity contribution is -0.125. The molecule has 3 rings (SSSR count). The highest BCUT2D eigenvalue weighted by atomic mass is 16.5. The number of nitrogens with zero attached hydrogens (tertiary/aromatic N) is 5. The minimum absolute atomic E-state index is 0.121. The van der Waals surface area contributed by atoms with Crippen molar-refractivity contribution < 1.29 is 14.3 Å². The van der Waals surface area contributed by atoms with Crippen molar-refractivity contribution >= 4 is 17.9 Å². The Morgan fingerprint density at radius 3 is 2.83 bits per heavy atom. The molecule has 3 heterocycles. The number of hydrogen-bond acceptors (Lipinski definition) is 6. The summed E-state index contributed by atoms with van der Waals surface area (Å²) in [5, 5.41) is 0. The van der Waals surface area contributed by atoms with E-state index in [1.165, 1.54) is 4.90 Å². The normalized spacial score (nSPS) is 21.7. The first-order chi connectivity index (χ1) is 11.7. The van der Waals surface area contributed by atoms with Crippen LogP contribution in [-0.2, 0) is 9.53 Å². The monoisotopic (exact) mass is 333 g/mol. The number of methoxy groups -OCH3 is 1. The summed E-state index contributed by atoms with van der Waals surface area (Å²) < 4.78 is 4.99. The molecule has 1 aromatic rings. The molecule has 0 N–H and O–H groups in total. The highest BCUT2D eigenvalue weighted by molar-refractivity contribution is 6.02. The third kappa shape index (κ3) is 3.64. The fraction of sp³-hybridized carbons (Fsp3) is 0.625. The highest BCUT2D eigenvalue weighted by Crippen LogP contribution is 2.22. The summed E-state index contributed by atoms with van der Waals surface area (Å²) in [6, 6.07) is 1.59. The fourth-order valence-corrected chi connectivity index (χ4v) is 3.26. The number of piperidine rings is 1. The van der Waals surface area contributed by atoms with Gasteiger partial charge in [0.2, 0.25) is 11.9 Å². The minimum Gasteiger partial charge on any atom is -0.383 e. The Kier molecular flexibility index (Phi) is 5.24. The maximum absolute atomic E-state index is 12.4. The quantitative estimate of drug-likeness (QED) is 0.710. The molecule has 1 unspecified atom stereocenters. The SMILES string of the molecule is COCCN1CC(=O)N(CC2CCCN(c3ncccn3)C2)C1=O. The van der Waals surface area contributed by atoms with Gasteiger partial charge in [0.05, 0.1) is 6.61 Å². The zero-order chi connectivity index (χ0) is 16.9. The third-order valence-corrected chi connectivity index (χ3v) is 4.49. The van der Waals surface area contributed by atoms with Crippen LogP contribution < -0.4 is 4.90 Å². The van der Waals surface area contributed by atoms with E-state index < -0.39 is 0 Å². The van der Waals surface area contributed by atoms with Gasteiger partial charge in [0.1, 0.15) is 6.54 Å². The van der Waals surface area contributed by atoms with E-state index in [-0.39, 0.29) is 24.4 Å². The zero-order valence-corrected chi connectivity index (χ0v) is 13.9. The number of rotatable bonds is 6. The van der Waals surface area contributed by atoms with Crippen molar-refractivity contribution in [3.63, 3.8) is 0 Å². The van der Waals surface area contributed by atoms with Crippen LogP contribution in [0, 0.1) is 5.92 Å². The lowest BCUT2D eigenvalue weighted by Gasteiger charge is -2.34. The molecule has 24 heavy (non-hydrogen) atoms. The second-order valence-electron chi connectivity index (χ2n) is 6.20. The van der Waals surface area contributed by atoms with Crippen molar-refractivity contribution in [3.05, 3.63) is 18.5 Å². The van der Waals surface area contributed by atoms with Gasteiger partial charge >= 0.3 is 6.03 Å². The van der Waals surface area contributed by atoms with Gasteiger partial charge in [-0.15, -0.1) is 0 Å². The summed E-state index contributed by atoms with van der Waals surface area (Å²) >= 11 is 0. The minimum atomic E-state index is -0.204. The lowest BCUT2D eigenvalue weighted by atomic mass is 9.98. The largest absolute Gasteiger partial charge is 0.383 e. The number of imide groups is 1. The van der Waals surface area contributed by atoms with E-state index in [2.05, 4.69) is 14.9 Å². The predicted molar refractivity (Wildman–Crippen MR) is 87.5 cm³/mol. The summed E-state index contributed by atoms with van der Waals surface area (Å²) in [4.78, 5) is 38.2. The average Bonchev–Trinajstić information content (AvgIpc) is 2.88. The molecule has 0 radical (unpaired) electrons. The molecule has 1 aromatic heterocycles. The Bertz CT molecular complexity index is 582. The van der Waals surface area contributed by atoms with E-state index in [0.717, 1.165) is 25.9 Å². The van der Waals surface area contributed by atoms with Crippen LogP contribution in [0.25, 0.3) is 0 Å². The second-order valence-corrected chi connectivity index (χ2v) is 6.20. The highest BCUT2D eigenvalue weighted by Gasteiger charge is 2.37. The first-order valence-electron chi connectivity index (χ1n) is 8.29. The first-order valence-corrected chi connectivity index (χ1v) is 8.29. The number of carbonyl (C=O) groups is 2. The van der Waals surface area contributed by atoms with Gasteiger partial charge in [0, 0.05) is 45.7 Å². The van der Waals surface area contributed by atoms with E-state index in [0.29, 0.717) is 25.6 Å². The molecule has 2 aliphatic rings. The van der Waals surface area contributed by atoms with Gasteiger partial charge in [-0.2, -0.15) is 0 Å². The fourth-order valence-electron chi connectivity index (χ4n) is 3.26. The molecule has 0 aromatic carbocycles. The predicted octanol–water partition coefficient (Wildman–Crippen LogP) is 0.604. The van der Waals surface area contributed by atoms with E-state index in [4.69, 9.17) is 4.74 Å². The molecule has 130 valence electrons. The summed E-state index contributed by atoms with van der Waals surface area (Å²) in [5.74, 6) is 0.838. The molecule has 0 bridgehead atoms. The van der Waals surface area contributed by atoms with Crippen LogP contribution in [0.2, 0.25) is 0 Å². The van der Waals surface area contributed by atoms with Crippen LogP contribution in [0.4, 0.5) is 10.7 Å². The van der Waals surface area contributed by atoms with Gasteiger partial charge in [0.25, 0.3) is 0 Å². The molecule has 0 aliphatic carbocycles. The number of ether oxygens (including phenoxy) is 1. The molecule has 3 amide bonds. The molecule has 0 saturated carbocycles. The Balaban J connectivity index is 1.59. The Morgan fingerprint density at radius 1 is 1.29 bits per heavy atom. The third-order valence-electron chi connectivity index (χ3n) is 4.49. The zero-order valence-electron chi connectivity index (χ0n) is 13.9. The van der Waals surface area contributed by atoms with Crippen LogP contribution in [-0.4, -0.2) is 78.1 Å². The topological polar surface area (TPSA) is 78.9 Å². The molecule has 2 aliphatic heterocycles. The molecule has 8 heteroatoms. The lowest BCUT2D eigenvalue weighted by Crippen LogP contribution is -2.44. The Labute approximate surface area is 141 Å². The molecule has 2 fully saturated rings. The smallest absolute Gasteiger partial charge is 0.327 e. The standard InChI is InChI=1S/C16H23N5O3/c1-24-9-8-20-12-14(22)21(16(20)23)11-13-4-2-7-19(10-13)15-17-5-3-6-18-15/h3,5-6,13H,2,4,7-12H2,1H3. The summed E-state index contributed by atoms with van der Waals surface area (Å²) in [7, 11) is 1.59. The van der Waals surface area contributed by atoms with E-state index in [1.807, 2.05) is 0 Å². The molecular formula is C16H23N5O3. The van der Waals surface area contributed by atoms with Gasteiger partial charge in [-0.1, -0.05) is 0 Å². The number of aromatic nitrogens is 2. The maximum atomic E-state index is 12.4. The van der Waals surface area contributed by atoms with E-state index >= 15 is 0 Å². The number of carbonyl (C=O) groups excluding carboxylic acids is 2. The molecule has 8 nitrogen and oxygen atoms in total. The number of hydrogen-bond donors (Lipinski definition) is 0. The maximum Gasteiger partial charge on any atom is 0.327 e. The van der Waals surface area contributed by atoms with Gasteiger partial charge in [-0.25, -0.2) is 14.8 Å². The molecular weight excluding hydrogens is 310 g/mol. The van der Waals surface area contributed by atoms with Gasteiger partial charge in [-0.05, 0) is 24.8 Å². The van der Waals surface area contributed by atoms with Crippen molar-refractivity contribution in [2.24, 2.45) is 5.92 Å². The van der Waals surface area contributed by atoms with Crippen LogP contribution in [0.5, 0.6) is 0 Å². The Morgan fingerprint density at radius 2 is 2.08 bits per heavy atom. The van der Waals surface area contributed by atoms with Crippen LogP contribution in [0.1, 0.15) is 12.8 Å². The van der Waals surface area contributed by atoms with Crippen molar-refractivity contribution in [1.82, 2.24) is 19.8 Å². The summed E-state index contributed by atoms with van der Waals surface area (Å²) in [5.41, 5.74) is 0. The Hall–Kier alpha value is -2.22. The number of urea groups is 1. The average molecular weight is 333 g/mol. The van der Waals surface area contributed by atoms with Gasteiger partial charge in [-0.3, -0.25) is 9.69 Å². The van der Waals surface area contributed by atoms with Crippen molar-refractivity contribution in [3.8, 4) is 0 Å². The van der Waals surface area contributed by atoms with Crippen molar-refractivity contribution in [2.45, 2.75) is 12.8 Å². The van der Waals surface area contributed by atoms with E-state index in [1.54, 1.807) is 30.5 Å². The van der Waals surface area contributed by atoms with Crippen molar-refractivity contribution in [2.75, 3.05) is 51.3 Å². The number of amides is 3. The van der Waals surface area contributed by atoms with Gasteiger partial charge < -0.3 is 14.5 Å². The molecule has 1 atom stereocenters. The summed E-state index contributed by atoms with van der Waals surface area (Å²) in [6.45, 7) is 3.17. The van der Waals surface area contributed by atoms with Crippen molar-refractivity contribution in [1.29, 1.82) is 0 Å².